The average Bonchev–Trinajstić information content (AvgIpc) is 2.47. The normalized spacial score (nSPS) is 22.3. The molecule has 1 saturated heterocycles. The molecule has 2 atom stereocenters. The zero-order valence-corrected chi connectivity index (χ0v) is 13.1. The highest BCUT2D eigenvalue weighted by atomic mass is 32.2. The Balaban J connectivity index is 2.00. The van der Waals surface area contributed by atoms with Crippen LogP contribution in [0.25, 0.3) is 0 Å². The van der Waals surface area contributed by atoms with Crippen LogP contribution in [0.5, 0.6) is 0 Å². The van der Waals surface area contributed by atoms with E-state index < -0.39 is 0 Å². The molecule has 0 saturated carbocycles. The third kappa shape index (κ3) is 4.17. The van der Waals surface area contributed by atoms with Crippen LogP contribution in [0, 0.1) is 0 Å². The summed E-state index contributed by atoms with van der Waals surface area (Å²) in [6.45, 7) is 5.06. The minimum absolute atomic E-state index is 0.0153. The predicted octanol–water partition coefficient (Wildman–Crippen LogP) is 3.52. The number of rotatable bonds is 5. The molecule has 20 heavy (non-hydrogen) atoms. The van der Waals surface area contributed by atoms with Gasteiger partial charge in [-0.25, -0.2) is 0 Å². The zero-order valence-electron chi connectivity index (χ0n) is 12.3. The first kappa shape index (κ1) is 15.2. The molecule has 1 aromatic carbocycles. The number of carbonyl (C=O) groups excluding carboxylic acids is 1. The van der Waals surface area contributed by atoms with E-state index in [1.54, 1.807) is 0 Å². The van der Waals surface area contributed by atoms with Gasteiger partial charge in [-0.15, -0.1) is 0 Å². The Labute approximate surface area is 125 Å². The van der Waals surface area contributed by atoms with E-state index >= 15 is 0 Å². The number of anilines is 1. The first-order valence-electron chi connectivity index (χ1n) is 7.47. The van der Waals surface area contributed by atoms with Gasteiger partial charge in [-0.05, 0) is 43.2 Å². The lowest BCUT2D eigenvalue weighted by Gasteiger charge is -2.30. The second kappa shape index (κ2) is 7.58. The molecule has 0 aliphatic carbocycles. The molecule has 2 rings (SSSR count). The molecule has 0 bridgehead atoms. The van der Waals surface area contributed by atoms with Crippen LogP contribution in [0.2, 0.25) is 0 Å². The standard InChI is InChI=1S/C16H24N2OS/c1-3-9-17-16(19)13-6-4-7-14(11-13)18-15-8-5-10-20-12(15)2/h4,6-7,11-12,15,18H,3,5,8-10H2,1-2H3,(H,17,19). The Bertz CT molecular complexity index is 450. The minimum Gasteiger partial charge on any atom is -0.381 e. The largest absolute Gasteiger partial charge is 0.381 e. The molecule has 110 valence electrons. The monoisotopic (exact) mass is 292 g/mol. The van der Waals surface area contributed by atoms with Crippen molar-refractivity contribution in [2.24, 2.45) is 0 Å². The summed E-state index contributed by atoms with van der Waals surface area (Å²) in [6, 6.07) is 8.32. The van der Waals surface area contributed by atoms with Crippen LogP contribution in [0.4, 0.5) is 5.69 Å². The van der Waals surface area contributed by atoms with E-state index in [1.807, 2.05) is 36.0 Å². The summed E-state index contributed by atoms with van der Waals surface area (Å²) >= 11 is 2.03. The van der Waals surface area contributed by atoms with Crippen molar-refractivity contribution in [2.45, 2.75) is 44.4 Å². The lowest BCUT2D eigenvalue weighted by molar-refractivity contribution is 0.0953. The number of amides is 1. The first-order chi connectivity index (χ1) is 9.70. The van der Waals surface area contributed by atoms with Gasteiger partial charge in [0, 0.05) is 29.1 Å². The molecule has 0 aromatic heterocycles. The van der Waals surface area contributed by atoms with Gasteiger partial charge in [0.25, 0.3) is 5.91 Å². The highest BCUT2D eigenvalue weighted by molar-refractivity contribution is 8.00. The molecule has 3 nitrogen and oxygen atoms in total. The van der Waals surface area contributed by atoms with Crippen LogP contribution < -0.4 is 10.6 Å². The summed E-state index contributed by atoms with van der Waals surface area (Å²) in [5, 5.41) is 7.12. The summed E-state index contributed by atoms with van der Waals surface area (Å²) in [5.74, 6) is 1.28. The van der Waals surface area contributed by atoms with Crippen LogP contribution in [0.3, 0.4) is 0 Å². The van der Waals surface area contributed by atoms with Gasteiger partial charge < -0.3 is 10.6 Å². The first-order valence-corrected chi connectivity index (χ1v) is 8.52. The highest BCUT2D eigenvalue weighted by Gasteiger charge is 2.21. The number of carbonyl (C=O) groups is 1. The Morgan fingerprint density at radius 1 is 1.45 bits per heavy atom. The number of benzene rings is 1. The minimum atomic E-state index is 0.0153. The third-order valence-corrected chi connectivity index (χ3v) is 5.00. The Morgan fingerprint density at radius 3 is 3.05 bits per heavy atom. The van der Waals surface area contributed by atoms with Gasteiger partial charge in [0.2, 0.25) is 0 Å². The zero-order chi connectivity index (χ0) is 14.4. The average molecular weight is 292 g/mol. The maximum Gasteiger partial charge on any atom is 0.251 e. The molecule has 2 N–H and O–H groups in total. The Hall–Kier alpha value is -1.16. The summed E-state index contributed by atoms with van der Waals surface area (Å²) in [7, 11) is 0. The molecule has 1 fully saturated rings. The van der Waals surface area contributed by atoms with Crippen molar-refractivity contribution < 1.29 is 4.79 Å². The second-order valence-electron chi connectivity index (χ2n) is 5.31. The van der Waals surface area contributed by atoms with Crippen LogP contribution in [0.15, 0.2) is 24.3 Å². The van der Waals surface area contributed by atoms with Crippen LogP contribution >= 0.6 is 11.8 Å². The van der Waals surface area contributed by atoms with Crippen molar-refractivity contribution in [3.63, 3.8) is 0 Å². The molecule has 2 unspecified atom stereocenters. The molecule has 1 heterocycles. The summed E-state index contributed by atoms with van der Waals surface area (Å²) in [5.41, 5.74) is 1.79. The lowest BCUT2D eigenvalue weighted by atomic mass is 10.1. The highest BCUT2D eigenvalue weighted by Crippen LogP contribution is 2.27. The molecule has 1 aromatic rings. The topological polar surface area (TPSA) is 41.1 Å². The smallest absolute Gasteiger partial charge is 0.251 e. The molecule has 4 heteroatoms. The van der Waals surface area contributed by atoms with Crippen LogP contribution in [-0.4, -0.2) is 29.5 Å². The van der Waals surface area contributed by atoms with Gasteiger partial charge in [0.15, 0.2) is 0 Å². The van der Waals surface area contributed by atoms with E-state index in [0.29, 0.717) is 11.3 Å². The fourth-order valence-corrected chi connectivity index (χ4v) is 3.56. The fourth-order valence-electron chi connectivity index (χ4n) is 2.42. The van der Waals surface area contributed by atoms with Crippen molar-refractivity contribution >= 4 is 23.4 Å². The van der Waals surface area contributed by atoms with Crippen molar-refractivity contribution in [3.8, 4) is 0 Å². The van der Waals surface area contributed by atoms with Gasteiger partial charge >= 0.3 is 0 Å². The van der Waals surface area contributed by atoms with E-state index in [0.717, 1.165) is 24.2 Å². The van der Waals surface area contributed by atoms with Crippen molar-refractivity contribution in [2.75, 3.05) is 17.6 Å². The van der Waals surface area contributed by atoms with Crippen molar-refractivity contribution in [1.82, 2.24) is 5.32 Å². The van der Waals surface area contributed by atoms with Crippen molar-refractivity contribution in [1.29, 1.82) is 0 Å². The maximum absolute atomic E-state index is 12.0. The molecule has 1 aliphatic heterocycles. The van der Waals surface area contributed by atoms with Crippen LogP contribution in [-0.2, 0) is 0 Å². The van der Waals surface area contributed by atoms with Gasteiger partial charge in [-0.2, -0.15) is 11.8 Å². The number of nitrogens with one attached hydrogen (secondary N) is 2. The van der Waals surface area contributed by atoms with Crippen LogP contribution in [0.1, 0.15) is 43.5 Å². The summed E-state index contributed by atoms with van der Waals surface area (Å²) in [4.78, 5) is 12.0. The third-order valence-electron chi connectivity index (χ3n) is 3.62. The number of thioether (sulfide) groups is 1. The van der Waals surface area contributed by atoms with Gasteiger partial charge in [0.1, 0.15) is 0 Å². The van der Waals surface area contributed by atoms with E-state index in [-0.39, 0.29) is 5.91 Å². The quantitative estimate of drug-likeness (QED) is 0.872. The van der Waals surface area contributed by atoms with Gasteiger partial charge in [0.05, 0.1) is 0 Å². The molecular formula is C16H24N2OS. The molecule has 1 amide bonds. The predicted molar refractivity (Wildman–Crippen MR) is 87.6 cm³/mol. The Morgan fingerprint density at radius 2 is 2.30 bits per heavy atom. The fraction of sp³-hybridized carbons (Fsp3) is 0.562. The summed E-state index contributed by atoms with van der Waals surface area (Å²) < 4.78 is 0. The van der Waals surface area contributed by atoms with E-state index in [4.69, 9.17) is 0 Å². The van der Waals surface area contributed by atoms with E-state index in [9.17, 15) is 4.79 Å². The molecule has 0 radical (unpaired) electrons. The van der Waals surface area contributed by atoms with Gasteiger partial charge in [-0.1, -0.05) is 19.9 Å². The van der Waals surface area contributed by atoms with Crippen molar-refractivity contribution in [3.05, 3.63) is 29.8 Å². The Kier molecular flexibility index (Phi) is 5.77. The number of hydrogen-bond donors (Lipinski definition) is 2. The molecule has 1 aliphatic rings. The van der Waals surface area contributed by atoms with E-state index in [1.165, 1.54) is 18.6 Å². The lowest BCUT2D eigenvalue weighted by Crippen LogP contribution is -2.32. The molecule has 0 spiro atoms. The molecular weight excluding hydrogens is 268 g/mol. The SMILES string of the molecule is CCCNC(=O)c1cccc(NC2CCCSC2C)c1. The number of hydrogen-bond acceptors (Lipinski definition) is 3. The van der Waals surface area contributed by atoms with E-state index in [2.05, 4.69) is 24.5 Å². The second-order valence-corrected chi connectivity index (χ2v) is 6.79. The van der Waals surface area contributed by atoms with Gasteiger partial charge in [-0.3, -0.25) is 4.79 Å². The maximum atomic E-state index is 12.0. The summed E-state index contributed by atoms with van der Waals surface area (Å²) in [6.07, 6.45) is 3.43.